The van der Waals surface area contributed by atoms with E-state index < -0.39 is 6.64 Å². The molecule has 0 unspecified atom stereocenters. The summed E-state index contributed by atoms with van der Waals surface area (Å²) in [6.07, 6.45) is -0.0711. The van der Waals surface area contributed by atoms with Gasteiger partial charge in [0, 0.05) is 5.69 Å². The fraction of sp³-hybridized carbons (Fsp3) is 0.462. The van der Waals surface area contributed by atoms with Crippen LogP contribution >= 0.6 is 18.9 Å². The minimum Gasteiger partial charge on any atom is -0.332 e. The second-order valence-corrected chi connectivity index (χ2v) is 8.23. The van der Waals surface area contributed by atoms with E-state index in [1.54, 1.807) is 0 Å². The van der Waals surface area contributed by atoms with E-state index in [0.29, 0.717) is 5.11 Å². The molecule has 0 fully saturated rings. The van der Waals surface area contributed by atoms with Crippen LogP contribution in [0, 0.1) is 0 Å². The lowest BCUT2D eigenvalue weighted by Gasteiger charge is -2.27. The molecule has 112 valence electrons. The zero-order chi connectivity index (χ0) is 15.2. The summed E-state index contributed by atoms with van der Waals surface area (Å²) >= 11 is 10.7. The third kappa shape index (κ3) is 6.77. The van der Waals surface area contributed by atoms with Crippen LogP contribution in [0.4, 0.5) is 5.69 Å². The number of anilines is 1. The first-order valence-corrected chi connectivity index (χ1v) is 9.46. The summed E-state index contributed by atoms with van der Waals surface area (Å²) in [6.45, 7) is 5.02. The third-order valence-electron chi connectivity index (χ3n) is 1.97. The molecule has 4 nitrogen and oxygen atoms in total. The standard InChI is InChI=1S/C13H21N2O2PS2/c1-10(2)16-18(20,17-11(3)4)15-13(19)14-12-8-6-5-7-9-12/h5-11H,1-4H3,(H2,14,15,19,20). The van der Waals surface area contributed by atoms with Crippen LogP contribution in [-0.2, 0) is 20.9 Å². The van der Waals surface area contributed by atoms with Gasteiger partial charge in [0.25, 0.3) is 6.64 Å². The molecule has 0 heterocycles. The van der Waals surface area contributed by atoms with Gasteiger partial charge in [-0.15, -0.1) is 0 Å². The summed E-state index contributed by atoms with van der Waals surface area (Å²) in [7, 11) is 0. The van der Waals surface area contributed by atoms with Crippen molar-refractivity contribution in [1.29, 1.82) is 0 Å². The summed E-state index contributed by atoms with van der Waals surface area (Å²) in [6, 6.07) is 9.64. The molecule has 2 N–H and O–H groups in total. The Kier molecular flexibility index (Phi) is 7.06. The molecule has 0 saturated carbocycles. The maximum absolute atomic E-state index is 5.72. The van der Waals surface area contributed by atoms with Crippen molar-refractivity contribution < 1.29 is 9.05 Å². The van der Waals surface area contributed by atoms with Crippen LogP contribution in [0.25, 0.3) is 0 Å². The maximum atomic E-state index is 5.72. The Labute approximate surface area is 131 Å². The summed E-state index contributed by atoms with van der Waals surface area (Å²) in [5.41, 5.74) is 0.889. The average Bonchev–Trinajstić information content (AvgIpc) is 2.26. The summed E-state index contributed by atoms with van der Waals surface area (Å²) in [5.74, 6) is 0. The molecule has 0 radical (unpaired) electrons. The summed E-state index contributed by atoms with van der Waals surface area (Å²) < 4.78 is 11.4. The molecule has 20 heavy (non-hydrogen) atoms. The zero-order valence-corrected chi connectivity index (χ0v) is 14.6. The lowest BCUT2D eigenvalue weighted by molar-refractivity contribution is 0.172. The van der Waals surface area contributed by atoms with Gasteiger partial charge in [-0.25, -0.2) is 0 Å². The normalized spacial score (nSPS) is 11.7. The van der Waals surface area contributed by atoms with Crippen LogP contribution in [0.1, 0.15) is 27.7 Å². The highest BCUT2D eigenvalue weighted by atomic mass is 32.5. The minimum absolute atomic E-state index is 0.0355. The van der Waals surface area contributed by atoms with Crippen LogP contribution < -0.4 is 10.4 Å². The Bertz CT molecular complexity index is 467. The first kappa shape index (κ1) is 17.5. The summed E-state index contributed by atoms with van der Waals surface area (Å²) in [4.78, 5) is 0. The Hall–Kier alpha value is -0.520. The van der Waals surface area contributed by atoms with E-state index in [1.807, 2.05) is 58.0 Å². The molecule has 0 aliphatic rings. The number of thiocarbonyl (C=S) groups is 1. The van der Waals surface area contributed by atoms with Crippen molar-refractivity contribution in [2.45, 2.75) is 39.9 Å². The van der Waals surface area contributed by atoms with Gasteiger partial charge in [0.1, 0.15) is 0 Å². The SMILES string of the molecule is CC(C)OP(=S)(NC(=S)Nc1ccccc1)OC(C)C. The van der Waals surface area contributed by atoms with E-state index in [4.69, 9.17) is 33.1 Å². The second kappa shape index (κ2) is 8.05. The molecular weight excluding hydrogens is 311 g/mol. The van der Waals surface area contributed by atoms with E-state index in [9.17, 15) is 0 Å². The molecule has 0 spiro atoms. The van der Waals surface area contributed by atoms with Crippen molar-refractivity contribution in [3.05, 3.63) is 30.3 Å². The van der Waals surface area contributed by atoms with Crippen LogP contribution in [0.3, 0.4) is 0 Å². The molecule has 0 saturated heterocycles. The van der Waals surface area contributed by atoms with Gasteiger partial charge in [0.15, 0.2) is 5.11 Å². The first-order chi connectivity index (χ1) is 9.31. The molecule has 0 atom stereocenters. The lowest BCUT2D eigenvalue weighted by Crippen LogP contribution is -2.29. The number of rotatable bonds is 6. The Morgan fingerprint density at radius 3 is 2.00 bits per heavy atom. The van der Waals surface area contributed by atoms with Gasteiger partial charge in [-0.3, -0.25) is 5.09 Å². The average molecular weight is 332 g/mol. The number of benzene rings is 1. The lowest BCUT2D eigenvalue weighted by atomic mass is 10.3. The van der Waals surface area contributed by atoms with Crippen LogP contribution in [0.15, 0.2) is 30.3 Å². The monoisotopic (exact) mass is 332 g/mol. The Balaban J connectivity index is 2.69. The Morgan fingerprint density at radius 2 is 1.55 bits per heavy atom. The molecule has 0 amide bonds. The molecule has 0 aliphatic carbocycles. The molecule has 1 aromatic rings. The number of hydrogen-bond acceptors (Lipinski definition) is 4. The van der Waals surface area contributed by atoms with Crippen molar-refractivity contribution in [2.75, 3.05) is 5.32 Å². The highest BCUT2D eigenvalue weighted by Gasteiger charge is 2.23. The predicted molar refractivity (Wildman–Crippen MR) is 92.5 cm³/mol. The van der Waals surface area contributed by atoms with E-state index in [2.05, 4.69) is 10.4 Å². The number of hydrogen-bond donors (Lipinski definition) is 2. The topological polar surface area (TPSA) is 42.5 Å². The molecule has 0 aromatic heterocycles. The maximum Gasteiger partial charge on any atom is 0.289 e. The fourth-order valence-corrected chi connectivity index (χ4v) is 4.97. The van der Waals surface area contributed by atoms with Gasteiger partial charge < -0.3 is 14.4 Å². The van der Waals surface area contributed by atoms with Gasteiger partial charge in [-0.2, -0.15) is 0 Å². The second-order valence-electron chi connectivity index (χ2n) is 4.74. The number of para-hydroxylation sites is 1. The van der Waals surface area contributed by atoms with Crippen molar-refractivity contribution in [2.24, 2.45) is 0 Å². The highest BCUT2D eigenvalue weighted by Crippen LogP contribution is 2.46. The predicted octanol–water partition coefficient (Wildman–Crippen LogP) is 4.05. The van der Waals surface area contributed by atoms with Gasteiger partial charge in [0.05, 0.1) is 12.2 Å². The molecule has 7 heteroatoms. The van der Waals surface area contributed by atoms with E-state index in [0.717, 1.165) is 5.69 Å². The van der Waals surface area contributed by atoms with E-state index >= 15 is 0 Å². The first-order valence-electron chi connectivity index (χ1n) is 6.42. The smallest absolute Gasteiger partial charge is 0.289 e. The van der Waals surface area contributed by atoms with Crippen molar-refractivity contribution >= 4 is 41.5 Å². The van der Waals surface area contributed by atoms with Crippen LogP contribution in [0.5, 0.6) is 0 Å². The molecule has 1 aromatic carbocycles. The molecular formula is C13H21N2O2PS2. The van der Waals surface area contributed by atoms with Crippen LogP contribution in [0.2, 0.25) is 0 Å². The molecule has 0 aliphatic heterocycles. The van der Waals surface area contributed by atoms with Gasteiger partial charge in [-0.05, 0) is 63.9 Å². The van der Waals surface area contributed by atoms with Gasteiger partial charge in [0.2, 0.25) is 0 Å². The Morgan fingerprint density at radius 1 is 1.05 bits per heavy atom. The highest BCUT2D eigenvalue weighted by molar-refractivity contribution is 8.09. The van der Waals surface area contributed by atoms with Crippen molar-refractivity contribution in [3.8, 4) is 0 Å². The number of nitrogens with one attached hydrogen (secondary N) is 2. The fourth-order valence-electron chi connectivity index (χ4n) is 1.44. The molecule has 1 rings (SSSR count). The summed E-state index contributed by atoms with van der Waals surface area (Å²) in [5, 5.41) is 6.48. The van der Waals surface area contributed by atoms with Gasteiger partial charge in [-0.1, -0.05) is 18.2 Å². The van der Waals surface area contributed by atoms with Gasteiger partial charge >= 0.3 is 0 Å². The quantitative estimate of drug-likeness (QED) is 0.605. The van der Waals surface area contributed by atoms with E-state index in [-0.39, 0.29) is 12.2 Å². The van der Waals surface area contributed by atoms with Crippen molar-refractivity contribution in [1.82, 2.24) is 5.09 Å². The third-order valence-corrected chi connectivity index (χ3v) is 5.01. The minimum atomic E-state index is -2.65. The van der Waals surface area contributed by atoms with E-state index in [1.165, 1.54) is 0 Å². The van der Waals surface area contributed by atoms with Crippen molar-refractivity contribution in [3.63, 3.8) is 0 Å². The largest absolute Gasteiger partial charge is 0.332 e. The molecule has 0 bridgehead atoms. The van der Waals surface area contributed by atoms with Crippen LogP contribution in [-0.4, -0.2) is 17.3 Å². The zero-order valence-electron chi connectivity index (χ0n) is 12.1.